The third-order valence-corrected chi connectivity index (χ3v) is 7.04. The van der Waals surface area contributed by atoms with Gasteiger partial charge in [-0.1, -0.05) is 30.0 Å². The Hall–Kier alpha value is -3.00. The number of sulfonamides is 1. The Kier molecular flexibility index (Phi) is 7.84. The summed E-state index contributed by atoms with van der Waals surface area (Å²) < 4.78 is 60.8. The maximum absolute atomic E-state index is 12.6. The first-order valence-corrected chi connectivity index (χ1v) is 12.6. The predicted molar refractivity (Wildman–Crippen MR) is 125 cm³/mol. The molecule has 0 aliphatic rings. The first-order valence-electron chi connectivity index (χ1n) is 9.65. The number of hydrogen-bond donors (Lipinski definition) is 3. The smallest absolute Gasteiger partial charge is 0.872 e. The van der Waals surface area contributed by atoms with Crippen molar-refractivity contribution in [2.24, 2.45) is 10.2 Å². The summed E-state index contributed by atoms with van der Waals surface area (Å²) in [6.07, 6.45) is 0. The van der Waals surface area contributed by atoms with Crippen LogP contribution in [-0.2, 0) is 20.1 Å². The van der Waals surface area contributed by atoms with Gasteiger partial charge in [-0.25, -0.2) is 8.42 Å². The third kappa shape index (κ3) is 5.99. The van der Waals surface area contributed by atoms with Gasteiger partial charge in [-0.3, -0.25) is 9.27 Å². The summed E-state index contributed by atoms with van der Waals surface area (Å²) in [5.74, 6) is -0.658. The van der Waals surface area contributed by atoms with Gasteiger partial charge in [0.05, 0.1) is 10.6 Å². The quantitative estimate of drug-likeness (QED) is 0.147. The number of fused-ring (bicyclic) bond motifs is 1. The Morgan fingerprint density at radius 2 is 1.49 bits per heavy atom. The van der Waals surface area contributed by atoms with E-state index in [9.17, 15) is 26.5 Å². The number of benzene rings is 4. The Balaban J connectivity index is 0.00000342. The van der Waals surface area contributed by atoms with E-state index < -0.39 is 30.8 Å². The summed E-state index contributed by atoms with van der Waals surface area (Å²) in [7, 11) is -8.63. The van der Waals surface area contributed by atoms with Crippen LogP contribution in [0.1, 0.15) is 0 Å². The van der Waals surface area contributed by atoms with Gasteiger partial charge in [-0.15, -0.1) is 5.11 Å². The van der Waals surface area contributed by atoms with Gasteiger partial charge in [0.15, 0.2) is 0 Å². The molecule has 4 aromatic carbocycles. The van der Waals surface area contributed by atoms with Crippen LogP contribution in [0.3, 0.4) is 0 Å². The minimum atomic E-state index is -4.79. The van der Waals surface area contributed by atoms with Gasteiger partial charge < -0.3 is 10.8 Å². The van der Waals surface area contributed by atoms with Crippen molar-refractivity contribution in [3.63, 3.8) is 0 Å². The van der Waals surface area contributed by atoms with Gasteiger partial charge >= 0.3 is 29.6 Å². The minimum absolute atomic E-state index is 0. The predicted octanol–water partition coefficient (Wildman–Crippen LogP) is 0.962. The zero-order valence-electron chi connectivity index (χ0n) is 18.3. The molecule has 10 nitrogen and oxygen atoms in total. The molecule has 0 saturated carbocycles. The monoisotopic (exact) mass is 520 g/mol. The topological polar surface area (TPSA) is 174 Å². The van der Waals surface area contributed by atoms with Crippen LogP contribution in [0, 0.1) is 0 Å². The minimum Gasteiger partial charge on any atom is -0.872 e. The van der Waals surface area contributed by atoms with Crippen LogP contribution >= 0.6 is 0 Å². The average molecular weight is 521 g/mol. The Bertz CT molecular complexity index is 1630. The fourth-order valence-corrected chi connectivity index (χ4v) is 4.90. The largest absolute Gasteiger partial charge is 1.00 e. The molecule has 0 spiro atoms. The number of nitrogens with one attached hydrogen (secondary N) is 1. The molecular weight excluding hydrogens is 503 g/mol. The summed E-state index contributed by atoms with van der Waals surface area (Å²) in [5, 5.41) is 20.5. The summed E-state index contributed by atoms with van der Waals surface area (Å²) in [6.45, 7) is 0. The first kappa shape index (κ1) is 26.6. The second-order valence-corrected chi connectivity index (χ2v) is 10.2. The molecule has 0 saturated heterocycles. The normalized spacial score (nSPS) is 11.9. The molecule has 0 atom stereocenters. The molecule has 174 valence electrons. The van der Waals surface area contributed by atoms with E-state index in [0.717, 1.165) is 6.07 Å². The van der Waals surface area contributed by atoms with Crippen LogP contribution in [-0.4, -0.2) is 21.4 Å². The van der Waals surface area contributed by atoms with Crippen molar-refractivity contribution in [3.8, 4) is 5.75 Å². The van der Waals surface area contributed by atoms with Crippen molar-refractivity contribution in [3.05, 3.63) is 78.9 Å². The SMILES string of the molecule is Nc1ccc2c(N=Nc3ccc(S(=O)(=O)Nc4ccccc4)cc3)c(S(=O)(=O)O)cc([O-])c2c1.[Na+]. The molecule has 0 unspecified atom stereocenters. The van der Waals surface area contributed by atoms with Crippen LogP contribution in [0.5, 0.6) is 5.75 Å². The van der Waals surface area contributed by atoms with Gasteiger partial charge in [0.2, 0.25) is 0 Å². The molecule has 13 heteroatoms. The molecule has 0 aliphatic heterocycles. The number of azo groups is 1. The van der Waals surface area contributed by atoms with Crippen LogP contribution in [0.15, 0.2) is 98.9 Å². The Morgan fingerprint density at radius 1 is 0.829 bits per heavy atom. The molecular formula is C22H17N4NaO6S2. The molecule has 0 amide bonds. The molecule has 35 heavy (non-hydrogen) atoms. The molecule has 0 heterocycles. The fraction of sp³-hybridized carbons (Fsp3) is 0. The molecule has 0 aromatic heterocycles. The number of rotatable bonds is 6. The maximum Gasteiger partial charge on any atom is 1.00 e. The number of hydrogen-bond acceptors (Lipinski definition) is 8. The Morgan fingerprint density at radius 3 is 2.11 bits per heavy atom. The van der Waals surface area contributed by atoms with Gasteiger partial charge in [-0.2, -0.15) is 13.5 Å². The number of para-hydroxylation sites is 1. The van der Waals surface area contributed by atoms with E-state index in [2.05, 4.69) is 15.0 Å². The fourth-order valence-electron chi connectivity index (χ4n) is 3.19. The van der Waals surface area contributed by atoms with Crippen molar-refractivity contribution in [1.29, 1.82) is 0 Å². The molecule has 0 bridgehead atoms. The zero-order chi connectivity index (χ0) is 24.5. The maximum atomic E-state index is 12.6. The van der Waals surface area contributed by atoms with E-state index in [1.54, 1.807) is 30.3 Å². The van der Waals surface area contributed by atoms with Gasteiger partial charge in [0.1, 0.15) is 10.6 Å². The second kappa shape index (κ2) is 10.3. The van der Waals surface area contributed by atoms with E-state index in [0.29, 0.717) is 5.69 Å². The number of anilines is 2. The van der Waals surface area contributed by atoms with Crippen LogP contribution in [0.4, 0.5) is 22.7 Å². The number of nitrogens with zero attached hydrogens (tertiary/aromatic N) is 2. The summed E-state index contributed by atoms with van der Waals surface area (Å²) >= 11 is 0. The van der Waals surface area contributed by atoms with Crippen molar-refractivity contribution in [2.45, 2.75) is 9.79 Å². The number of nitrogens with two attached hydrogens (primary N) is 1. The van der Waals surface area contributed by atoms with Crippen molar-refractivity contribution in [2.75, 3.05) is 10.5 Å². The molecule has 4 aromatic rings. The molecule has 4 rings (SSSR count). The Labute approximate surface area is 223 Å². The van der Waals surface area contributed by atoms with Crippen molar-refractivity contribution in [1.82, 2.24) is 0 Å². The molecule has 4 N–H and O–H groups in total. The van der Waals surface area contributed by atoms with Gasteiger partial charge in [-0.05, 0) is 60.0 Å². The van der Waals surface area contributed by atoms with Crippen molar-refractivity contribution >= 4 is 53.7 Å². The molecule has 0 aliphatic carbocycles. The van der Waals surface area contributed by atoms with Crippen molar-refractivity contribution < 1.29 is 56.1 Å². The van der Waals surface area contributed by atoms with Gasteiger partial charge in [0.25, 0.3) is 20.1 Å². The zero-order valence-corrected chi connectivity index (χ0v) is 21.9. The van der Waals surface area contributed by atoms with E-state index in [1.807, 2.05) is 0 Å². The average Bonchev–Trinajstić information content (AvgIpc) is 2.78. The van der Waals surface area contributed by atoms with Gasteiger partial charge in [0, 0.05) is 16.8 Å². The third-order valence-electron chi connectivity index (χ3n) is 4.78. The second-order valence-electron chi connectivity index (χ2n) is 7.17. The standard InChI is InChI=1S/C22H18N4O6S2.Na/c23-14-6-11-18-19(12-14)20(27)13-21(34(30,31)32)22(18)25-24-15-7-9-17(10-8-15)33(28,29)26-16-4-2-1-3-5-16;/h1-13,26-27H,23H2,(H,30,31,32);/q;+1/p-1. The molecule has 0 radical (unpaired) electrons. The van der Waals surface area contributed by atoms with E-state index >= 15 is 0 Å². The summed E-state index contributed by atoms with van der Waals surface area (Å²) in [6, 6.07) is 18.7. The first-order chi connectivity index (χ1) is 16.0. The van der Waals surface area contributed by atoms with Crippen LogP contribution in [0.25, 0.3) is 10.8 Å². The van der Waals surface area contributed by atoms with E-state index in [-0.39, 0.29) is 62.3 Å². The molecule has 0 fully saturated rings. The summed E-state index contributed by atoms with van der Waals surface area (Å²) in [4.78, 5) is -0.727. The van der Waals surface area contributed by atoms with E-state index in [1.165, 1.54) is 42.5 Å². The summed E-state index contributed by atoms with van der Waals surface area (Å²) in [5.41, 5.74) is 6.35. The van der Waals surface area contributed by atoms with Crippen LogP contribution in [0.2, 0.25) is 0 Å². The van der Waals surface area contributed by atoms with E-state index in [4.69, 9.17) is 5.73 Å². The number of nitrogen functional groups attached to an aromatic ring is 1. The van der Waals surface area contributed by atoms with Crippen LogP contribution < -0.4 is 45.1 Å².